The Morgan fingerprint density at radius 1 is 1.07 bits per heavy atom. The molecule has 8 nitrogen and oxygen atoms in total. The average molecular weight is 396 g/mol. The fourth-order valence-corrected chi connectivity index (χ4v) is 2.61. The maximum atomic E-state index is 12.6. The number of carbonyl (C=O) groups excluding carboxylic acids is 2. The number of amides is 2. The highest BCUT2D eigenvalue weighted by atomic mass is 16.7. The van der Waals surface area contributed by atoms with Crippen LogP contribution in [0.3, 0.4) is 0 Å². The first kappa shape index (κ1) is 19.9. The van der Waals surface area contributed by atoms with E-state index in [0.29, 0.717) is 22.6 Å². The van der Waals surface area contributed by atoms with Crippen molar-refractivity contribution < 1.29 is 29.0 Å². The zero-order chi connectivity index (χ0) is 20.8. The van der Waals surface area contributed by atoms with Crippen molar-refractivity contribution in [2.45, 2.75) is 13.3 Å². The van der Waals surface area contributed by atoms with Crippen molar-refractivity contribution in [1.29, 1.82) is 0 Å². The van der Waals surface area contributed by atoms with Crippen LogP contribution in [0.15, 0.2) is 48.2 Å². The Morgan fingerprint density at radius 2 is 1.79 bits per heavy atom. The van der Waals surface area contributed by atoms with Crippen LogP contribution in [0.1, 0.15) is 27.9 Å². The van der Waals surface area contributed by atoms with E-state index >= 15 is 0 Å². The number of rotatable bonds is 7. The highest BCUT2D eigenvalue weighted by Crippen LogP contribution is 2.33. The third-order valence-corrected chi connectivity index (χ3v) is 4.14. The quantitative estimate of drug-likeness (QED) is 0.618. The number of nitrogens with one attached hydrogen (secondary N) is 2. The number of fused-ring (bicyclic) bond motifs is 1. The Labute approximate surface area is 167 Å². The highest BCUT2D eigenvalue weighted by molar-refractivity contribution is 6.05. The second-order valence-electron chi connectivity index (χ2n) is 6.39. The summed E-state index contributed by atoms with van der Waals surface area (Å²) in [5.41, 5.74) is 2.00. The first-order valence-electron chi connectivity index (χ1n) is 8.92. The molecule has 150 valence electrons. The zero-order valence-corrected chi connectivity index (χ0v) is 15.7. The van der Waals surface area contributed by atoms with Gasteiger partial charge in [0.1, 0.15) is 5.70 Å². The van der Waals surface area contributed by atoms with Crippen LogP contribution in [-0.4, -0.2) is 36.2 Å². The normalized spacial score (nSPS) is 12.4. The molecule has 0 radical (unpaired) electrons. The molecule has 1 aliphatic heterocycles. The first-order valence-corrected chi connectivity index (χ1v) is 8.92. The Hall–Kier alpha value is -3.81. The summed E-state index contributed by atoms with van der Waals surface area (Å²) >= 11 is 0. The molecule has 29 heavy (non-hydrogen) atoms. The first-order chi connectivity index (χ1) is 13.9. The molecule has 3 rings (SSSR count). The number of ether oxygens (including phenoxy) is 2. The summed E-state index contributed by atoms with van der Waals surface area (Å²) < 4.78 is 10.6. The molecule has 3 N–H and O–H groups in total. The van der Waals surface area contributed by atoms with Gasteiger partial charge in [-0.3, -0.25) is 14.4 Å². The Balaban J connectivity index is 1.82. The number of hydrogen-bond acceptors (Lipinski definition) is 5. The van der Waals surface area contributed by atoms with Crippen LogP contribution in [0.25, 0.3) is 6.08 Å². The fourth-order valence-electron chi connectivity index (χ4n) is 2.61. The van der Waals surface area contributed by atoms with Crippen LogP contribution in [0.2, 0.25) is 0 Å². The van der Waals surface area contributed by atoms with E-state index in [0.717, 1.165) is 5.56 Å². The topological polar surface area (TPSA) is 114 Å². The van der Waals surface area contributed by atoms with Gasteiger partial charge < -0.3 is 25.2 Å². The van der Waals surface area contributed by atoms with Crippen LogP contribution in [0, 0.1) is 6.92 Å². The molecule has 0 aromatic heterocycles. The zero-order valence-electron chi connectivity index (χ0n) is 15.7. The van der Waals surface area contributed by atoms with Crippen LogP contribution < -0.4 is 20.1 Å². The Bertz CT molecular complexity index is 966. The van der Waals surface area contributed by atoms with E-state index in [2.05, 4.69) is 10.6 Å². The van der Waals surface area contributed by atoms with E-state index < -0.39 is 17.8 Å². The van der Waals surface area contributed by atoms with E-state index in [-0.39, 0.29) is 25.5 Å². The summed E-state index contributed by atoms with van der Waals surface area (Å²) in [7, 11) is 0. The summed E-state index contributed by atoms with van der Waals surface area (Å²) in [5.74, 6) is -0.947. The van der Waals surface area contributed by atoms with Gasteiger partial charge in [0, 0.05) is 12.1 Å². The monoisotopic (exact) mass is 396 g/mol. The lowest BCUT2D eigenvalue weighted by Crippen LogP contribution is -2.35. The second-order valence-corrected chi connectivity index (χ2v) is 6.39. The molecule has 0 fully saturated rings. The maximum absolute atomic E-state index is 12.6. The summed E-state index contributed by atoms with van der Waals surface area (Å²) in [4.78, 5) is 35.8. The number of carbonyl (C=O) groups is 3. The molecule has 0 atom stereocenters. The van der Waals surface area contributed by atoms with Gasteiger partial charge in [0.15, 0.2) is 11.5 Å². The molecule has 0 aliphatic carbocycles. The fraction of sp³-hybridized carbons (Fsp3) is 0.190. The molecule has 1 aliphatic rings. The number of benzene rings is 2. The van der Waals surface area contributed by atoms with Gasteiger partial charge in [-0.15, -0.1) is 0 Å². The van der Waals surface area contributed by atoms with Crippen molar-refractivity contribution in [3.63, 3.8) is 0 Å². The summed E-state index contributed by atoms with van der Waals surface area (Å²) in [6.07, 6.45) is 1.26. The molecule has 8 heteroatoms. The summed E-state index contributed by atoms with van der Waals surface area (Å²) in [5, 5.41) is 13.8. The minimum atomic E-state index is -1.03. The van der Waals surface area contributed by atoms with Crippen LogP contribution in [0.4, 0.5) is 0 Å². The van der Waals surface area contributed by atoms with Gasteiger partial charge in [0.05, 0.1) is 6.42 Å². The van der Waals surface area contributed by atoms with Gasteiger partial charge in [-0.05, 0) is 42.8 Å². The van der Waals surface area contributed by atoms with Crippen LogP contribution >= 0.6 is 0 Å². The van der Waals surface area contributed by atoms with Crippen molar-refractivity contribution in [3.05, 3.63) is 64.9 Å². The van der Waals surface area contributed by atoms with Gasteiger partial charge >= 0.3 is 5.97 Å². The van der Waals surface area contributed by atoms with Gasteiger partial charge in [0.25, 0.3) is 11.8 Å². The largest absolute Gasteiger partial charge is 0.481 e. The molecular formula is C21H20N2O6. The minimum Gasteiger partial charge on any atom is -0.481 e. The van der Waals surface area contributed by atoms with Crippen molar-refractivity contribution in [1.82, 2.24) is 10.6 Å². The van der Waals surface area contributed by atoms with E-state index in [1.807, 2.05) is 6.92 Å². The summed E-state index contributed by atoms with van der Waals surface area (Å²) in [6, 6.07) is 12.0. The molecule has 0 saturated heterocycles. The minimum absolute atomic E-state index is 0.0140. The molecule has 2 aromatic rings. The lowest BCUT2D eigenvalue weighted by atomic mass is 10.1. The van der Waals surface area contributed by atoms with Crippen molar-refractivity contribution >= 4 is 23.9 Å². The van der Waals surface area contributed by atoms with E-state index in [9.17, 15) is 14.4 Å². The van der Waals surface area contributed by atoms with E-state index in [1.54, 1.807) is 42.5 Å². The van der Waals surface area contributed by atoms with Crippen LogP contribution in [0.5, 0.6) is 11.5 Å². The molecule has 0 unspecified atom stereocenters. The van der Waals surface area contributed by atoms with Gasteiger partial charge in [-0.1, -0.05) is 23.8 Å². The molecule has 0 spiro atoms. The standard InChI is InChI=1S/C21H20N2O6/c1-13-2-5-15(6-3-13)20(26)23-16(21(27)22-9-8-19(24)25)10-14-4-7-17-18(11-14)29-12-28-17/h2-7,10-11H,8-9,12H2,1H3,(H,22,27)(H,23,26)(H,24,25)/b16-10-. The molecule has 0 bridgehead atoms. The van der Waals surface area contributed by atoms with E-state index in [4.69, 9.17) is 14.6 Å². The smallest absolute Gasteiger partial charge is 0.305 e. The number of aliphatic carboxylic acids is 1. The molecule has 2 amide bonds. The number of carboxylic acids is 1. The number of carboxylic acid groups (broad SMARTS) is 1. The Morgan fingerprint density at radius 3 is 2.52 bits per heavy atom. The third-order valence-electron chi connectivity index (χ3n) is 4.14. The molecule has 1 heterocycles. The second kappa shape index (κ2) is 8.92. The Kier molecular flexibility index (Phi) is 6.13. The van der Waals surface area contributed by atoms with Crippen molar-refractivity contribution in [2.24, 2.45) is 0 Å². The molecular weight excluding hydrogens is 376 g/mol. The lowest BCUT2D eigenvalue weighted by molar-refractivity contribution is -0.136. The third kappa shape index (κ3) is 5.35. The number of aryl methyl sites for hydroxylation is 1. The molecule has 2 aromatic carbocycles. The van der Waals surface area contributed by atoms with Crippen molar-refractivity contribution in [2.75, 3.05) is 13.3 Å². The SMILES string of the molecule is Cc1ccc(C(=O)N/C(=C\c2ccc3c(c2)OCO3)C(=O)NCCC(=O)O)cc1. The lowest BCUT2D eigenvalue weighted by Gasteiger charge is -2.11. The maximum Gasteiger partial charge on any atom is 0.305 e. The van der Waals surface area contributed by atoms with Gasteiger partial charge in [0.2, 0.25) is 6.79 Å². The van der Waals surface area contributed by atoms with Crippen molar-refractivity contribution in [3.8, 4) is 11.5 Å². The van der Waals surface area contributed by atoms with Gasteiger partial charge in [-0.25, -0.2) is 0 Å². The number of hydrogen-bond donors (Lipinski definition) is 3. The average Bonchev–Trinajstić information content (AvgIpc) is 3.15. The van der Waals surface area contributed by atoms with Gasteiger partial charge in [-0.2, -0.15) is 0 Å². The molecule has 0 saturated carbocycles. The van der Waals surface area contributed by atoms with Crippen LogP contribution in [-0.2, 0) is 9.59 Å². The highest BCUT2D eigenvalue weighted by Gasteiger charge is 2.17. The van der Waals surface area contributed by atoms with E-state index in [1.165, 1.54) is 6.08 Å². The predicted octanol–water partition coefficient (Wildman–Crippen LogP) is 2.09. The predicted molar refractivity (Wildman–Crippen MR) is 104 cm³/mol. The summed E-state index contributed by atoms with van der Waals surface area (Å²) in [6.45, 7) is 1.96.